The average Bonchev–Trinajstić information content (AvgIpc) is 3.13. The van der Waals surface area contributed by atoms with Gasteiger partial charge in [0.25, 0.3) is 0 Å². The number of amides is 3. The number of nitrogens with zero attached hydrogens (tertiary/aromatic N) is 2. The van der Waals surface area contributed by atoms with Gasteiger partial charge in [0.05, 0.1) is 11.4 Å². The minimum absolute atomic E-state index is 0.139. The Morgan fingerprint density at radius 1 is 0.906 bits per heavy atom. The van der Waals surface area contributed by atoms with E-state index in [-0.39, 0.29) is 47.9 Å². The van der Waals surface area contributed by atoms with Crippen LogP contribution in [0.25, 0.3) is 0 Å². The van der Waals surface area contributed by atoms with E-state index in [2.05, 4.69) is 5.32 Å². The summed E-state index contributed by atoms with van der Waals surface area (Å²) in [4.78, 5) is 37.7. The number of hydrogen-bond acceptors (Lipinski definition) is 5. The maximum atomic E-state index is 12.7. The van der Waals surface area contributed by atoms with Gasteiger partial charge >= 0.3 is 0 Å². The van der Waals surface area contributed by atoms with Gasteiger partial charge in [-0.3, -0.25) is 19.3 Å². The minimum atomic E-state index is -3.54. The van der Waals surface area contributed by atoms with Crippen LogP contribution in [-0.2, 0) is 31.0 Å². The molecule has 0 saturated carbocycles. The summed E-state index contributed by atoms with van der Waals surface area (Å²) in [6, 6.07) is 15.4. The van der Waals surface area contributed by atoms with Crippen molar-refractivity contribution in [2.45, 2.75) is 37.1 Å². The third kappa shape index (κ3) is 4.73. The Morgan fingerprint density at radius 2 is 1.50 bits per heavy atom. The molecule has 32 heavy (non-hydrogen) atoms. The number of sulfonamides is 1. The lowest BCUT2D eigenvalue weighted by Gasteiger charge is -2.30. The normalized spacial score (nSPS) is 18.2. The molecule has 0 spiro atoms. The lowest BCUT2D eigenvalue weighted by Crippen LogP contribution is -2.41. The summed E-state index contributed by atoms with van der Waals surface area (Å²) >= 11 is 0. The zero-order valence-electron chi connectivity index (χ0n) is 17.6. The second-order valence-corrected chi connectivity index (χ2v) is 9.99. The first-order chi connectivity index (χ1) is 15.3. The molecule has 2 aromatic rings. The van der Waals surface area contributed by atoms with Crippen molar-refractivity contribution < 1.29 is 22.8 Å². The molecule has 4 rings (SSSR count). The predicted molar refractivity (Wildman–Crippen MR) is 118 cm³/mol. The summed E-state index contributed by atoms with van der Waals surface area (Å²) in [5.74, 6) is -0.725. The van der Waals surface area contributed by atoms with E-state index in [0.717, 1.165) is 5.56 Å². The van der Waals surface area contributed by atoms with Crippen LogP contribution in [0, 0.1) is 5.92 Å². The van der Waals surface area contributed by atoms with Crippen molar-refractivity contribution in [2.75, 3.05) is 18.4 Å². The van der Waals surface area contributed by atoms with Crippen LogP contribution in [0.5, 0.6) is 0 Å². The topological polar surface area (TPSA) is 104 Å². The summed E-state index contributed by atoms with van der Waals surface area (Å²) in [6.07, 6.45) is 1.43. The van der Waals surface area contributed by atoms with Gasteiger partial charge in [0.1, 0.15) is 0 Å². The van der Waals surface area contributed by atoms with E-state index in [1.807, 2.05) is 0 Å². The number of carbonyl (C=O) groups excluding carboxylic acids is 3. The third-order valence-corrected chi connectivity index (χ3v) is 7.84. The van der Waals surface area contributed by atoms with E-state index < -0.39 is 10.0 Å². The highest BCUT2D eigenvalue weighted by Gasteiger charge is 2.32. The van der Waals surface area contributed by atoms with Crippen molar-refractivity contribution >= 4 is 33.4 Å². The Balaban J connectivity index is 1.30. The SMILES string of the molecule is O=C(Nc1ccc(CN2C(=O)CCC2=O)cc1)C1CCN(S(=O)(=O)c2ccccc2)CC1. The molecule has 2 fully saturated rings. The van der Waals surface area contributed by atoms with Gasteiger partial charge in [-0.1, -0.05) is 30.3 Å². The van der Waals surface area contributed by atoms with Crippen molar-refractivity contribution in [2.24, 2.45) is 5.92 Å². The molecule has 0 aromatic heterocycles. The summed E-state index contributed by atoms with van der Waals surface area (Å²) < 4.78 is 26.9. The molecule has 1 N–H and O–H groups in total. The lowest BCUT2D eigenvalue weighted by atomic mass is 9.97. The number of piperidine rings is 1. The van der Waals surface area contributed by atoms with Crippen molar-refractivity contribution in [3.63, 3.8) is 0 Å². The van der Waals surface area contributed by atoms with E-state index in [0.29, 0.717) is 31.6 Å². The van der Waals surface area contributed by atoms with Crippen LogP contribution >= 0.6 is 0 Å². The van der Waals surface area contributed by atoms with E-state index in [9.17, 15) is 22.8 Å². The Kier molecular flexibility index (Phi) is 6.38. The molecule has 2 aliphatic rings. The standard InChI is InChI=1S/C23H25N3O5S/c27-21-10-11-22(28)26(21)16-17-6-8-19(9-7-17)24-23(29)18-12-14-25(15-13-18)32(30,31)20-4-2-1-3-5-20/h1-9,18H,10-16H2,(H,24,29). The lowest BCUT2D eigenvalue weighted by molar-refractivity contribution is -0.139. The first-order valence-electron chi connectivity index (χ1n) is 10.6. The summed E-state index contributed by atoms with van der Waals surface area (Å²) in [6.45, 7) is 0.832. The molecular weight excluding hydrogens is 430 g/mol. The van der Waals surface area contributed by atoms with Gasteiger partial charge in [-0.25, -0.2) is 8.42 Å². The van der Waals surface area contributed by atoms with Crippen LogP contribution in [0.4, 0.5) is 5.69 Å². The number of carbonyl (C=O) groups is 3. The zero-order chi connectivity index (χ0) is 22.7. The van der Waals surface area contributed by atoms with Crippen LogP contribution in [-0.4, -0.2) is 48.4 Å². The maximum Gasteiger partial charge on any atom is 0.243 e. The second-order valence-electron chi connectivity index (χ2n) is 8.05. The molecule has 2 aliphatic heterocycles. The second kappa shape index (κ2) is 9.22. The van der Waals surface area contributed by atoms with Gasteiger partial charge in [0.15, 0.2) is 0 Å². The third-order valence-electron chi connectivity index (χ3n) is 5.92. The van der Waals surface area contributed by atoms with Crippen LogP contribution in [0.15, 0.2) is 59.5 Å². The number of imide groups is 1. The van der Waals surface area contributed by atoms with Crippen LogP contribution in [0.1, 0.15) is 31.2 Å². The number of hydrogen-bond donors (Lipinski definition) is 1. The van der Waals surface area contributed by atoms with Crippen molar-refractivity contribution in [3.8, 4) is 0 Å². The maximum absolute atomic E-state index is 12.7. The average molecular weight is 456 g/mol. The van der Waals surface area contributed by atoms with Crippen LogP contribution in [0.2, 0.25) is 0 Å². The fourth-order valence-electron chi connectivity index (χ4n) is 4.02. The Hall–Kier alpha value is -3.04. The molecule has 0 radical (unpaired) electrons. The number of benzene rings is 2. The first kappa shape index (κ1) is 22.2. The monoisotopic (exact) mass is 455 g/mol. The fourth-order valence-corrected chi connectivity index (χ4v) is 5.51. The fraction of sp³-hybridized carbons (Fsp3) is 0.348. The van der Waals surface area contributed by atoms with Crippen LogP contribution < -0.4 is 5.32 Å². The molecule has 0 aliphatic carbocycles. The Bertz CT molecular complexity index is 1090. The zero-order valence-corrected chi connectivity index (χ0v) is 18.4. The molecule has 0 bridgehead atoms. The van der Waals surface area contributed by atoms with Crippen molar-refractivity contribution in [1.82, 2.24) is 9.21 Å². The first-order valence-corrected chi connectivity index (χ1v) is 12.1. The molecule has 8 nitrogen and oxygen atoms in total. The molecule has 3 amide bonds. The molecule has 0 atom stereocenters. The highest BCUT2D eigenvalue weighted by molar-refractivity contribution is 7.89. The Labute approximate surface area is 187 Å². The number of likely N-dealkylation sites (tertiary alicyclic amines) is 1. The molecule has 2 heterocycles. The molecule has 168 valence electrons. The van der Waals surface area contributed by atoms with Gasteiger partial charge in [-0.2, -0.15) is 4.31 Å². The van der Waals surface area contributed by atoms with Gasteiger partial charge in [0, 0.05) is 37.5 Å². The van der Waals surface area contributed by atoms with E-state index >= 15 is 0 Å². The molecular formula is C23H25N3O5S. The van der Waals surface area contributed by atoms with E-state index in [1.54, 1.807) is 54.6 Å². The van der Waals surface area contributed by atoms with Gasteiger partial charge in [0.2, 0.25) is 27.7 Å². The minimum Gasteiger partial charge on any atom is -0.326 e. The number of anilines is 1. The molecule has 2 aromatic carbocycles. The van der Waals surface area contributed by atoms with Gasteiger partial charge in [-0.15, -0.1) is 0 Å². The van der Waals surface area contributed by atoms with Gasteiger partial charge < -0.3 is 5.32 Å². The van der Waals surface area contributed by atoms with E-state index in [4.69, 9.17) is 0 Å². The number of nitrogens with one attached hydrogen (secondary N) is 1. The quantitative estimate of drug-likeness (QED) is 0.674. The predicted octanol–water partition coefficient (Wildman–Crippen LogP) is 2.38. The van der Waals surface area contributed by atoms with Crippen molar-refractivity contribution in [1.29, 1.82) is 0 Å². The summed E-state index contributed by atoms with van der Waals surface area (Å²) in [5, 5.41) is 2.88. The summed E-state index contributed by atoms with van der Waals surface area (Å²) in [5.41, 5.74) is 1.43. The summed E-state index contributed by atoms with van der Waals surface area (Å²) in [7, 11) is -3.54. The number of rotatable bonds is 6. The van der Waals surface area contributed by atoms with Crippen molar-refractivity contribution in [3.05, 3.63) is 60.2 Å². The van der Waals surface area contributed by atoms with E-state index in [1.165, 1.54) is 9.21 Å². The highest BCUT2D eigenvalue weighted by atomic mass is 32.2. The van der Waals surface area contributed by atoms with Gasteiger partial charge in [-0.05, 0) is 42.7 Å². The molecule has 0 unspecified atom stereocenters. The largest absolute Gasteiger partial charge is 0.326 e. The Morgan fingerprint density at radius 3 is 2.09 bits per heavy atom. The molecule has 2 saturated heterocycles. The smallest absolute Gasteiger partial charge is 0.243 e. The molecule has 9 heteroatoms. The van der Waals surface area contributed by atoms with Crippen LogP contribution in [0.3, 0.4) is 0 Å². The highest BCUT2D eigenvalue weighted by Crippen LogP contribution is 2.25.